The molecule has 2 aliphatic rings. The van der Waals surface area contributed by atoms with Crippen LogP contribution in [0.4, 0.5) is 0 Å². The van der Waals surface area contributed by atoms with Crippen molar-refractivity contribution in [3.8, 4) is 0 Å². The Kier molecular flexibility index (Phi) is 19.3. The van der Waals surface area contributed by atoms with Crippen LogP contribution in [-0.4, -0.2) is 66.5 Å². The van der Waals surface area contributed by atoms with Gasteiger partial charge in [-0.15, -0.1) is 17.3 Å². The van der Waals surface area contributed by atoms with E-state index >= 15 is 0 Å². The smallest absolute Gasteiger partial charge is 0.260 e. The summed E-state index contributed by atoms with van der Waals surface area (Å²) in [4.78, 5) is 41.0. The molecule has 1 unspecified atom stereocenters. The maximum absolute atomic E-state index is 12.5. The minimum atomic E-state index is -0.457. The summed E-state index contributed by atoms with van der Waals surface area (Å²) in [7, 11) is 0. The largest absolute Gasteiger partial charge is 0.476 e. The zero-order chi connectivity index (χ0) is 19.4. The van der Waals surface area contributed by atoms with Gasteiger partial charge in [-0.2, -0.15) is 29.9 Å². The van der Waals surface area contributed by atoms with Crippen molar-refractivity contribution >= 4 is 52.9 Å². The summed E-state index contributed by atoms with van der Waals surface area (Å²) in [5.74, 6) is -0.0258. The Labute approximate surface area is 282 Å². The van der Waals surface area contributed by atoms with Crippen molar-refractivity contribution in [1.82, 2.24) is 30.8 Å². The van der Waals surface area contributed by atoms with Crippen molar-refractivity contribution < 1.29 is 134 Å². The molecule has 1 atom stereocenters. The van der Waals surface area contributed by atoms with Gasteiger partial charge in [-0.25, -0.2) is 6.57 Å². The first-order valence-electron chi connectivity index (χ1n) is 7.45. The minimum Gasteiger partial charge on any atom is -0.476 e. The number of ketones is 1. The molecule has 0 aromatic carbocycles. The second kappa shape index (κ2) is 17.2. The number of amides is 2. The number of allylic oxidation sites excluding steroid dienone is 1. The van der Waals surface area contributed by atoms with E-state index in [2.05, 4.69) is 37.7 Å². The van der Waals surface area contributed by atoms with E-state index in [9.17, 15) is 14.4 Å². The van der Waals surface area contributed by atoms with Crippen molar-refractivity contribution in [1.29, 1.82) is 0 Å². The van der Waals surface area contributed by atoms with Gasteiger partial charge in [0.1, 0.15) is 0 Å². The molecule has 157 valence electrons. The van der Waals surface area contributed by atoms with Gasteiger partial charge >= 0.3 is 0 Å². The average molecular weight is 873 g/mol. The summed E-state index contributed by atoms with van der Waals surface area (Å²) in [5.41, 5.74) is 1.00. The predicted molar refractivity (Wildman–Crippen MR) is 99.7 cm³/mol. The molecule has 1 aromatic heterocycles. The van der Waals surface area contributed by atoms with Crippen LogP contribution in [0.15, 0.2) is 16.4 Å². The average Bonchev–Trinajstić information content (AvgIpc) is 3.17. The van der Waals surface area contributed by atoms with Gasteiger partial charge in [0.05, 0.1) is 16.8 Å². The van der Waals surface area contributed by atoms with Gasteiger partial charge in [0.2, 0.25) is 5.91 Å². The molecule has 10 nitrogen and oxygen atoms in total. The topological polar surface area (TPSA) is 124 Å². The van der Waals surface area contributed by atoms with Crippen molar-refractivity contribution in [2.75, 3.05) is 23.1 Å². The molecular formula is C14H12N7O3S3WY3-3. The van der Waals surface area contributed by atoms with Crippen LogP contribution in [0.3, 0.4) is 0 Å². The number of carbonyl (C=O) groups excluding carboxylic acids is 3. The summed E-state index contributed by atoms with van der Waals surface area (Å²) in [6.07, 6.45) is 0. The van der Waals surface area contributed by atoms with Crippen molar-refractivity contribution in [3.05, 3.63) is 35.7 Å². The summed E-state index contributed by atoms with van der Waals surface area (Å²) in [6.45, 7) is 10.1. The summed E-state index contributed by atoms with van der Waals surface area (Å²) in [6, 6.07) is 0.256. The molecule has 17 heteroatoms. The standard InChI is InChI=1S/C14H13N7O3S3.W.3Y/c1-7(22)11-8(4-27-14-17-19-20-18-14)3-26-13-10(12(24)21(11)13)16-9(23)5-25-6-15-2;;;;/h13H,1,3-6H2,(H2,16,17,18,19,20,23);;;;/q-2;;;;/p-1. The molecule has 3 rings (SSSR count). The van der Waals surface area contributed by atoms with Gasteiger partial charge in [0, 0.05) is 136 Å². The number of hydrogen-bond donors (Lipinski definition) is 1. The van der Waals surface area contributed by atoms with Crippen molar-refractivity contribution in [2.24, 2.45) is 0 Å². The van der Waals surface area contributed by atoms with Crippen molar-refractivity contribution in [3.63, 3.8) is 0 Å². The molecule has 0 spiro atoms. The Hall–Kier alpha value is 1.70. The van der Waals surface area contributed by atoms with Crippen LogP contribution < -0.4 is 10.4 Å². The molecule has 2 aliphatic heterocycles. The van der Waals surface area contributed by atoms with Gasteiger partial charge in [0.25, 0.3) is 5.88 Å². The zero-order valence-electron chi connectivity index (χ0n) is 15.9. The number of tetrazole rings is 1. The van der Waals surface area contributed by atoms with E-state index in [1.54, 1.807) is 0 Å². The van der Waals surface area contributed by atoms with E-state index < -0.39 is 17.1 Å². The Morgan fingerprint density at radius 1 is 1.42 bits per heavy atom. The molecule has 1 saturated heterocycles. The fourth-order valence-corrected chi connectivity index (χ4v) is 5.05. The first kappa shape index (κ1) is 34.9. The fraction of sp³-hybridized carbons (Fsp3) is 0.357. The van der Waals surface area contributed by atoms with Gasteiger partial charge in [0.15, 0.2) is 0 Å². The second-order valence-corrected chi connectivity index (χ2v) is 8.23. The molecule has 0 bridgehead atoms. The Morgan fingerprint density at radius 2 is 2.13 bits per heavy atom. The second-order valence-electron chi connectivity index (χ2n) is 5.26. The fourth-order valence-electron chi connectivity index (χ4n) is 2.47. The van der Waals surface area contributed by atoms with E-state index in [4.69, 9.17) is 6.57 Å². The molecule has 0 saturated carbocycles. The van der Waals surface area contributed by atoms with Gasteiger partial charge in [-0.05, 0) is 5.37 Å². The number of β-lactam (4-membered cyclic amide) rings is 1. The molecule has 1 aromatic rings. The quantitative estimate of drug-likeness (QED) is 0.162. The van der Waals surface area contributed by atoms with Crippen molar-refractivity contribution in [2.45, 2.75) is 10.5 Å². The molecule has 3 heterocycles. The van der Waals surface area contributed by atoms with E-state index in [1.165, 1.54) is 40.2 Å². The number of hydrogen-bond acceptors (Lipinski definition) is 9. The van der Waals surface area contributed by atoms with Crippen LogP contribution >= 0.6 is 35.3 Å². The maximum atomic E-state index is 12.5. The first-order chi connectivity index (χ1) is 13.0. The molecule has 31 heavy (non-hydrogen) atoms. The van der Waals surface area contributed by atoms with Crippen LogP contribution in [0.2, 0.25) is 0 Å². The molecular weight excluding hydrogens is 861 g/mol. The number of nitrogens with zero attached hydrogens (tertiary/aromatic N) is 6. The Balaban J connectivity index is 0. The van der Waals surface area contributed by atoms with Crippen LogP contribution in [0, 0.1) is 19.5 Å². The number of fused-ring (bicyclic) bond motifs is 1. The van der Waals surface area contributed by atoms with Crippen LogP contribution in [0.1, 0.15) is 0 Å². The van der Waals surface area contributed by atoms with Crippen LogP contribution in [0.5, 0.6) is 0 Å². The molecule has 1 N–H and O–H groups in total. The van der Waals surface area contributed by atoms with Gasteiger partial charge in [-0.3, -0.25) is 15.1 Å². The monoisotopic (exact) mass is 873 g/mol. The van der Waals surface area contributed by atoms with Crippen LogP contribution in [-0.2, 0) is 134 Å². The first-order valence-corrected chi connectivity index (χ1v) is 10.6. The predicted octanol–water partition coefficient (Wildman–Crippen LogP) is -0.259. The maximum Gasteiger partial charge on any atom is 0.260 e. The number of aromatic nitrogens is 4. The van der Waals surface area contributed by atoms with E-state index in [1.807, 2.05) is 0 Å². The number of thioether (sulfide) groups is 3. The molecule has 3 radical (unpaired) electrons. The van der Waals surface area contributed by atoms with Crippen LogP contribution in [0.25, 0.3) is 4.85 Å². The molecule has 0 aliphatic carbocycles. The van der Waals surface area contributed by atoms with E-state index in [0.717, 1.165) is 5.57 Å². The molecule has 2 amide bonds. The normalized spacial score (nSPS) is 16.2. The number of rotatable bonds is 8. The van der Waals surface area contributed by atoms with E-state index in [-0.39, 0.29) is 148 Å². The van der Waals surface area contributed by atoms with Gasteiger partial charge in [-0.1, -0.05) is 17.5 Å². The summed E-state index contributed by atoms with van der Waals surface area (Å²) in [5, 5.41) is 16.8. The number of carbonyl (C=O) groups is 3. The zero-order valence-corrected chi connectivity index (χ0v) is 29.8. The SMILES string of the molecule is [C-]#[N+]CSCC(=O)N[C-]1C(=O)N2C(C([CH2-])=O)=C(CSc3nnn[n-]3)CSC12.[W].[Y].[Y].[Y]. The Bertz CT molecular complexity index is 841. The third-order valence-electron chi connectivity index (χ3n) is 3.53. The van der Waals surface area contributed by atoms with E-state index in [0.29, 0.717) is 16.7 Å². The third kappa shape index (κ3) is 9.01. The third-order valence-corrected chi connectivity index (χ3v) is 6.49. The minimum absolute atomic E-state index is 0. The number of Topliss-reactive ketones (excluding diaryl/α,β-unsaturated/α-hetero) is 1. The Morgan fingerprint density at radius 3 is 2.71 bits per heavy atom. The molecule has 1 fully saturated rings. The summed E-state index contributed by atoms with van der Waals surface area (Å²) < 4.78 is 0. The number of nitrogens with one attached hydrogen (secondary N) is 1. The summed E-state index contributed by atoms with van der Waals surface area (Å²) >= 11 is 3.87. The van der Waals surface area contributed by atoms with Gasteiger partial charge < -0.3 is 29.7 Å².